The van der Waals surface area contributed by atoms with Crippen LogP contribution < -0.4 is 5.32 Å². The smallest absolute Gasteiger partial charge is 0.0202 e. The normalized spacial score (nSPS) is 10.8. The lowest BCUT2D eigenvalue weighted by Gasteiger charge is -2.07. The van der Waals surface area contributed by atoms with Crippen molar-refractivity contribution in [2.75, 3.05) is 7.05 Å². The molecule has 0 amide bonds. The third-order valence-corrected chi connectivity index (χ3v) is 3.39. The van der Waals surface area contributed by atoms with E-state index < -0.39 is 0 Å². The molecule has 0 aliphatic rings. The van der Waals surface area contributed by atoms with Crippen LogP contribution in [0.15, 0.2) is 66.7 Å². The van der Waals surface area contributed by atoms with Gasteiger partial charge in [0, 0.05) is 6.54 Å². The van der Waals surface area contributed by atoms with Gasteiger partial charge in [0.25, 0.3) is 0 Å². The SMILES string of the molecule is CNCc1cccc(-c2ccc3ccccc3c2)c1. The van der Waals surface area contributed by atoms with Crippen molar-refractivity contribution in [3.8, 4) is 11.1 Å². The molecule has 0 atom stereocenters. The van der Waals surface area contributed by atoms with Crippen LogP contribution in [0.3, 0.4) is 0 Å². The quantitative estimate of drug-likeness (QED) is 0.730. The van der Waals surface area contributed by atoms with Crippen molar-refractivity contribution in [1.29, 1.82) is 0 Å². The summed E-state index contributed by atoms with van der Waals surface area (Å²) >= 11 is 0. The monoisotopic (exact) mass is 247 g/mol. The average Bonchev–Trinajstić information content (AvgIpc) is 2.47. The predicted octanol–water partition coefficient (Wildman–Crippen LogP) is 4.23. The van der Waals surface area contributed by atoms with Crippen molar-refractivity contribution in [3.05, 3.63) is 72.3 Å². The molecule has 19 heavy (non-hydrogen) atoms. The Morgan fingerprint density at radius 3 is 2.37 bits per heavy atom. The second-order valence-electron chi connectivity index (χ2n) is 4.79. The molecular formula is C18H17N. The molecule has 0 unspecified atom stereocenters. The topological polar surface area (TPSA) is 12.0 Å². The Bertz CT molecular complexity index is 701. The summed E-state index contributed by atoms with van der Waals surface area (Å²) in [6.45, 7) is 0.904. The molecule has 1 heteroatoms. The lowest BCUT2D eigenvalue weighted by Crippen LogP contribution is -2.04. The molecule has 0 heterocycles. The molecular weight excluding hydrogens is 230 g/mol. The molecule has 0 aromatic heterocycles. The molecule has 3 rings (SSSR count). The molecule has 0 saturated carbocycles. The second-order valence-corrected chi connectivity index (χ2v) is 4.79. The highest BCUT2D eigenvalue weighted by atomic mass is 14.8. The van der Waals surface area contributed by atoms with Gasteiger partial charge in [-0.15, -0.1) is 0 Å². The molecule has 3 aromatic carbocycles. The van der Waals surface area contributed by atoms with E-state index in [1.54, 1.807) is 0 Å². The van der Waals surface area contributed by atoms with Crippen molar-refractivity contribution in [2.45, 2.75) is 6.54 Å². The van der Waals surface area contributed by atoms with Crippen molar-refractivity contribution in [1.82, 2.24) is 5.32 Å². The first-order valence-electron chi connectivity index (χ1n) is 6.59. The molecule has 3 aromatic rings. The third kappa shape index (κ3) is 2.51. The number of hydrogen-bond donors (Lipinski definition) is 1. The first-order valence-corrected chi connectivity index (χ1v) is 6.59. The fourth-order valence-corrected chi connectivity index (χ4v) is 2.43. The van der Waals surface area contributed by atoms with E-state index in [1.165, 1.54) is 27.5 Å². The van der Waals surface area contributed by atoms with Crippen LogP contribution in [0.2, 0.25) is 0 Å². The van der Waals surface area contributed by atoms with Gasteiger partial charge in [0.15, 0.2) is 0 Å². The number of fused-ring (bicyclic) bond motifs is 1. The van der Waals surface area contributed by atoms with Crippen LogP contribution in [0.5, 0.6) is 0 Å². The van der Waals surface area contributed by atoms with Crippen molar-refractivity contribution in [3.63, 3.8) is 0 Å². The number of nitrogens with one attached hydrogen (secondary N) is 1. The zero-order valence-corrected chi connectivity index (χ0v) is 11.1. The van der Waals surface area contributed by atoms with E-state index >= 15 is 0 Å². The zero-order valence-electron chi connectivity index (χ0n) is 11.1. The van der Waals surface area contributed by atoms with Gasteiger partial charge in [0.05, 0.1) is 0 Å². The first-order chi connectivity index (χ1) is 9.36. The number of benzene rings is 3. The van der Waals surface area contributed by atoms with Crippen molar-refractivity contribution < 1.29 is 0 Å². The van der Waals surface area contributed by atoms with Gasteiger partial charge >= 0.3 is 0 Å². The van der Waals surface area contributed by atoms with Gasteiger partial charge in [-0.3, -0.25) is 0 Å². The maximum Gasteiger partial charge on any atom is 0.0202 e. The summed E-state index contributed by atoms with van der Waals surface area (Å²) in [5.74, 6) is 0. The van der Waals surface area contributed by atoms with Crippen molar-refractivity contribution >= 4 is 10.8 Å². The van der Waals surface area contributed by atoms with Gasteiger partial charge in [-0.05, 0) is 46.6 Å². The van der Waals surface area contributed by atoms with E-state index in [0.717, 1.165) is 6.54 Å². The first kappa shape index (κ1) is 11.9. The van der Waals surface area contributed by atoms with E-state index in [4.69, 9.17) is 0 Å². The fourth-order valence-electron chi connectivity index (χ4n) is 2.43. The Labute approximate surface area is 113 Å². The summed E-state index contributed by atoms with van der Waals surface area (Å²) in [5.41, 5.74) is 3.86. The van der Waals surface area contributed by atoms with E-state index in [0.29, 0.717) is 0 Å². The zero-order chi connectivity index (χ0) is 13.1. The molecule has 0 aliphatic heterocycles. The Morgan fingerprint density at radius 2 is 1.53 bits per heavy atom. The Hall–Kier alpha value is -2.12. The van der Waals surface area contributed by atoms with Crippen molar-refractivity contribution in [2.24, 2.45) is 0 Å². The summed E-state index contributed by atoms with van der Waals surface area (Å²) in [7, 11) is 1.97. The molecule has 0 spiro atoms. The minimum absolute atomic E-state index is 0.904. The van der Waals surface area contributed by atoms with Gasteiger partial charge in [-0.25, -0.2) is 0 Å². The molecule has 0 aliphatic carbocycles. The van der Waals surface area contributed by atoms with Gasteiger partial charge in [-0.2, -0.15) is 0 Å². The summed E-state index contributed by atoms with van der Waals surface area (Å²) in [6, 6.07) is 23.8. The second kappa shape index (κ2) is 5.25. The highest BCUT2D eigenvalue weighted by molar-refractivity contribution is 5.87. The van der Waals surface area contributed by atoms with Crippen LogP contribution in [0.25, 0.3) is 21.9 Å². The van der Waals surface area contributed by atoms with E-state index in [2.05, 4.69) is 72.0 Å². The molecule has 0 bridgehead atoms. The van der Waals surface area contributed by atoms with Crippen LogP contribution in [-0.2, 0) is 6.54 Å². The molecule has 0 radical (unpaired) electrons. The standard InChI is InChI=1S/C18H17N/c1-19-13-14-5-4-8-16(11-14)18-10-9-15-6-2-3-7-17(15)12-18/h2-12,19H,13H2,1H3. The largest absolute Gasteiger partial charge is 0.316 e. The van der Waals surface area contributed by atoms with Gasteiger partial charge < -0.3 is 5.32 Å². The Kier molecular flexibility index (Phi) is 3.30. The number of rotatable bonds is 3. The number of hydrogen-bond acceptors (Lipinski definition) is 1. The summed E-state index contributed by atoms with van der Waals surface area (Å²) in [6.07, 6.45) is 0. The summed E-state index contributed by atoms with van der Waals surface area (Å²) in [4.78, 5) is 0. The van der Waals surface area contributed by atoms with Gasteiger partial charge in [-0.1, -0.05) is 54.6 Å². The van der Waals surface area contributed by atoms with Crippen LogP contribution >= 0.6 is 0 Å². The Morgan fingerprint density at radius 1 is 0.737 bits per heavy atom. The average molecular weight is 247 g/mol. The molecule has 1 nitrogen and oxygen atoms in total. The predicted molar refractivity (Wildman–Crippen MR) is 82.1 cm³/mol. The van der Waals surface area contributed by atoms with Gasteiger partial charge in [0.1, 0.15) is 0 Å². The highest BCUT2D eigenvalue weighted by Crippen LogP contribution is 2.25. The van der Waals surface area contributed by atoms with Crippen LogP contribution in [0, 0.1) is 0 Å². The van der Waals surface area contributed by atoms with Crippen LogP contribution in [0.4, 0.5) is 0 Å². The third-order valence-electron chi connectivity index (χ3n) is 3.39. The van der Waals surface area contributed by atoms with Crippen LogP contribution in [0.1, 0.15) is 5.56 Å². The van der Waals surface area contributed by atoms with Crippen LogP contribution in [-0.4, -0.2) is 7.05 Å². The summed E-state index contributed by atoms with van der Waals surface area (Å²) in [5, 5.41) is 5.77. The van der Waals surface area contributed by atoms with E-state index in [1.807, 2.05) is 7.05 Å². The minimum Gasteiger partial charge on any atom is -0.316 e. The summed E-state index contributed by atoms with van der Waals surface area (Å²) < 4.78 is 0. The minimum atomic E-state index is 0.904. The maximum atomic E-state index is 3.19. The maximum absolute atomic E-state index is 3.19. The van der Waals surface area contributed by atoms with E-state index in [-0.39, 0.29) is 0 Å². The van der Waals surface area contributed by atoms with E-state index in [9.17, 15) is 0 Å². The van der Waals surface area contributed by atoms with Gasteiger partial charge in [0.2, 0.25) is 0 Å². The highest BCUT2D eigenvalue weighted by Gasteiger charge is 2.00. The molecule has 94 valence electrons. The lowest BCUT2D eigenvalue weighted by molar-refractivity contribution is 0.818. The Balaban J connectivity index is 2.05. The molecule has 0 saturated heterocycles. The molecule has 1 N–H and O–H groups in total. The molecule has 0 fully saturated rings. The lowest BCUT2D eigenvalue weighted by atomic mass is 10.00. The fraction of sp³-hybridized carbons (Fsp3) is 0.111.